The molecule has 1 saturated heterocycles. The van der Waals surface area contributed by atoms with Crippen molar-refractivity contribution in [2.24, 2.45) is 0 Å². The normalized spacial score (nSPS) is 17.2. The summed E-state index contributed by atoms with van der Waals surface area (Å²) in [6, 6.07) is 11.1. The summed E-state index contributed by atoms with van der Waals surface area (Å²) in [6.07, 6.45) is 0.785. The molecule has 0 aliphatic carbocycles. The third-order valence-corrected chi connectivity index (χ3v) is 5.88. The minimum absolute atomic E-state index is 0.148. The molecule has 3 aromatic rings. The maximum absolute atomic E-state index is 12.8. The lowest BCUT2D eigenvalue weighted by molar-refractivity contribution is -0.139. The first-order chi connectivity index (χ1) is 13.5. The summed E-state index contributed by atoms with van der Waals surface area (Å²) in [5, 5.41) is 1.82. The van der Waals surface area contributed by atoms with Gasteiger partial charge in [-0.25, -0.2) is 4.98 Å². The standard InChI is InChI=1S/C20H20N4O3S/c1-23(12-16-21-14-8-10-28-18(14)19(26)22-16)15-11-17(25)24(20(15)27)9-7-13-5-3-2-4-6-13/h2-6,8,10,15H,7,9,11-12H2,1H3,(H,21,22,26)/t15-/m0/s1. The van der Waals surface area contributed by atoms with Crippen LogP contribution in [-0.2, 0) is 22.6 Å². The average Bonchev–Trinajstić information content (AvgIpc) is 3.26. The number of nitrogens with zero attached hydrogens (tertiary/aromatic N) is 3. The molecule has 1 atom stereocenters. The summed E-state index contributed by atoms with van der Waals surface area (Å²) >= 11 is 1.35. The van der Waals surface area contributed by atoms with E-state index in [1.54, 1.807) is 18.0 Å². The van der Waals surface area contributed by atoms with Crippen LogP contribution in [0.5, 0.6) is 0 Å². The molecule has 28 heavy (non-hydrogen) atoms. The maximum Gasteiger partial charge on any atom is 0.268 e. The molecule has 0 bridgehead atoms. The fraction of sp³-hybridized carbons (Fsp3) is 0.300. The number of H-pyrrole nitrogens is 1. The van der Waals surface area contributed by atoms with Crippen LogP contribution >= 0.6 is 11.3 Å². The van der Waals surface area contributed by atoms with E-state index >= 15 is 0 Å². The van der Waals surface area contributed by atoms with Crippen LogP contribution in [0.2, 0.25) is 0 Å². The van der Waals surface area contributed by atoms with Crippen molar-refractivity contribution in [1.29, 1.82) is 0 Å². The minimum atomic E-state index is -0.535. The average molecular weight is 396 g/mol. The van der Waals surface area contributed by atoms with Gasteiger partial charge in [0, 0.05) is 6.54 Å². The van der Waals surface area contributed by atoms with Crippen LogP contribution in [0.3, 0.4) is 0 Å². The summed E-state index contributed by atoms with van der Waals surface area (Å²) in [6.45, 7) is 0.666. The molecule has 4 rings (SSSR count). The second-order valence-corrected chi connectivity index (χ2v) is 7.82. The topological polar surface area (TPSA) is 86.4 Å². The maximum atomic E-state index is 12.8. The Bertz CT molecular complexity index is 1080. The van der Waals surface area contributed by atoms with E-state index in [0.29, 0.717) is 29.0 Å². The molecule has 2 amide bonds. The lowest BCUT2D eigenvalue weighted by Crippen LogP contribution is -2.40. The van der Waals surface area contributed by atoms with Gasteiger partial charge in [-0.2, -0.15) is 0 Å². The zero-order valence-corrected chi connectivity index (χ0v) is 16.2. The molecule has 0 radical (unpaired) electrons. The summed E-state index contributed by atoms with van der Waals surface area (Å²) < 4.78 is 0.589. The lowest BCUT2D eigenvalue weighted by atomic mass is 10.1. The van der Waals surface area contributed by atoms with Gasteiger partial charge in [0.1, 0.15) is 10.5 Å². The molecule has 3 heterocycles. The van der Waals surface area contributed by atoms with Gasteiger partial charge < -0.3 is 4.98 Å². The highest BCUT2D eigenvalue weighted by Crippen LogP contribution is 2.20. The smallest absolute Gasteiger partial charge is 0.268 e. The number of rotatable bonds is 6. The van der Waals surface area contributed by atoms with Gasteiger partial charge >= 0.3 is 0 Å². The monoisotopic (exact) mass is 396 g/mol. The van der Waals surface area contributed by atoms with E-state index in [1.807, 2.05) is 35.7 Å². The molecular weight excluding hydrogens is 376 g/mol. The van der Waals surface area contributed by atoms with Gasteiger partial charge in [0.15, 0.2) is 0 Å². The molecule has 0 spiro atoms. The quantitative estimate of drug-likeness (QED) is 0.642. The summed E-state index contributed by atoms with van der Waals surface area (Å²) in [4.78, 5) is 47.6. The van der Waals surface area contributed by atoms with Crippen molar-refractivity contribution >= 4 is 33.4 Å². The van der Waals surface area contributed by atoms with Gasteiger partial charge in [0.2, 0.25) is 11.8 Å². The van der Waals surface area contributed by atoms with Crippen LogP contribution in [-0.4, -0.2) is 51.2 Å². The third kappa shape index (κ3) is 3.61. The first-order valence-electron chi connectivity index (χ1n) is 9.07. The molecule has 2 aromatic heterocycles. The number of hydrogen-bond donors (Lipinski definition) is 1. The van der Waals surface area contributed by atoms with E-state index in [1.165, 1.54) is 16.2 Å². The Kier molecular flexibility index (Phi) is 5.06. The van der Waals surface area contributed by atoms with Gasteiger partial charge in [-0.05, 0) is 30.5 Å². The fourth-order valence-corrected chi connectivity index (χ4v) is 4.20. The Morgan fingerprint density at radius 1 is 1.21 bits per heavy atom. The van der Waals surface area contributed by atoms with Gasteiger partial charge in [-0.3, -0.25) is 24.2 Å². The van der Waals surface area contributed by atoms with Crippen molar-refractivity contribution in [3.05, 3.63) is 63.5 Å². The van der Waals surface area contributed by atoms with Gasteiger partial charge in [-0.15, -0.1) is 11.3 Å². The summed E-state index contributed by atoms with van der Waals surface area (Å²) in [5.41, 5.74) is 1.56. The number of carbonyl (C=O) groups excluding carboxylic acids is 2. The molecule has 8 heteroatoms. The second kappa shape index (κ2) is 7.65. The molecule has 1 aliphatic rings. The number of nitrogens with one attached hydrogen (secondary N) is 1. The van der Waals surface area contributed by atoms with Crippen molar-refractivity contribution in [1.82, 2.24) is 19.8 Å². The molecule has 1 N–H and O–H groups in total. The van der Waals surface area contributed by atoms with E-state index in [0.717, 1.165) is 5.56 Å². The number of thiophene rings is 1. The highest BCUT2D eigenvalue weighted by Gasteiger charge is 2.40. The molecule has 0 saturated carbocycles. The molecule has 144 valence electrons. The van der Waals surface area contributed by atoms with Crippen LogP contribution in [0.4, 0.5) is 0 Å². The van der Waals surface area contributed by atoms with Crippen LogP contribution in [0, 0.1) is 0 Å². The molecule has 7 nitrogen and oxygen atoms in total. The molecule has 1 fully saturated rings. The zero-order chi connectivity index (χ0) is 19.7. The predicted octanol–water partition coefficient (Wildman–Crippen LogP) is 1.79. The number of likely N-dealkylation sites (N-methyl/N-ethyl adjacent to an activating group) is 1. The number of imide groups is 1. The zero-order valence-electron chi connectivity index (χ0n) is 15.4. The SMILES string of the molecule is CN(Cc1nc2ccsc2c(=O)[nH]1)[C@H]1CC(=O)N(CCc2ccccc2)C1=O. The Hall–Kier alpha value is -2.84. The Morgan fingerprint density at radius 2 is 2.00 bits per heavy atom. The number of aromatic amines is 1. The van der Waals surface area contributed by atoms with E-state index in [-0.39, 0.29) is 30.3 Å². The van der Waals surface area contributed by atoms with Crippen molar-refractivity contribution in [3.8, 4) is 0 Å². The molecule has 1 aliphatic heterocycles. The van der Waals surface area contributed by atoms with Gasteiger partial charge in [0.05, 0.1) is 24.5 Å². The first-order valence-corrected chi connectivity index (χ1v) is 9.95. The van der Waals surface area contributed by atoms with E-state index in [2.05, 4.69) is 9.97 Å². The summed E-state index contributed by atoms with van der Waals surface area (Å²) in [5.74, 6) is 0.135. The largest absolute Gasteiger partial charge is 0.308 e. The molecule has 1 aromatic carbocycles. The van der Waals surface area contributed by atoms with Crippen molar-refractivity contribution in [3.63, 3.8) is 0 Å². The van der Waals surface area contributed by atoms with E-state index in [9.17, 15) is 14.4 Å². The van der Waals surface area contributed by atoms with Crippen LogP contribution in [0.25, 0.3) is 10.2 Å². The number of hydrogen-bond acceptors (Lipinski definition) is 6. The number of benzene rings is 1. The number of amides is 2. The highest BCUT2D eigenvalue weighted by molar-refractivity contribution is 7.17. The third-order valence-electron chi connectivity index (χ3n) is 4.98. The highest BCUT2D eigenvalue weighted by atomic mass is 32.1. The molecular formula is C20H20N4O3S. The van der Waals surface area contributed by atoms with Gasteiger partial charge in [-0.1, -0.05) is 30.3 Å². The fourth-order valence-electron chi connectivity index (χ4n) is 3.47. The van der Waals surface area contributed by atoms with Crippen molar-refractivity contribution in [2.45, 2.75) is 25.4 Å². The van der Waals surface area contributed by atoms with E-state index < -0.39 is 6.04 Å². The van der Waals surface area contributed by atoms with Gasteiger partial charge in [0.25, 0.3) is 5.56 Å². The van der Waals surface area contributed by atoms with Crippen molar-refractivity contribution in [2.75, 3.05) is 13.6 Å². The minimum Gasteiger partial charge on any atom is -0.308 e. The van der Waals surface area contributed by atoms with E-state index in [4.69, 9.17) is 0 Å². The number of likely N-dealkylation sites (tertiary alicyclic amines) is 1. The lowest BCUT2D eigenvalue weighted by Gasteiger charge is -2.22. The Balaban J connectivity index is 1.44. The number of fused-ring (bicyclic) bond motifs is 1. The van der Waals surface area contributed by atoms with Crippen LogP contribution < -0.4 is 5.56 Å². The summed E-state index contributed by atoms with van der Waals surface area (Å²) in [7, 11) is 1.77. The first kappa shape index (κ1) is 18.5. The predicted molar refractivity (Wildman–Crippen MR) is 107 cm³/mol. The Morgan fingerprint density at radius 3 is 2.79 bits per heavy atom. The number of carbonyl (C=O) groups is 2. The van der Waals surface area contributed by atoms with Crippen molar-refractivity contribution < 1.29 is 9.59 Å². The Labute approximate surface area is 165 Å². The molecule has 0 unspecified atom stereocenters. The van der Waals surface area contributed by atoms with Crippen LogP contribution in [0.1, 0.15) is 17.8 Å². The van der Waals surface area contributed by atoms with Crippen LogP contribution in [0.15, 0.2) is 46.6 Å². The second-order valence-electron chi connectivity index (χ2n) is 6.90. The number of aromatic nitrogens is 2.